The molecule has 0 saturated heterocycles. The number of hydrogen-bond donors (Lipinski definition) is 0. The van der Waals surface area contributed by atoms with E-state index in [-0.39, 0.29) is 0 Å². The Bertz CT molecular complexity index is 378. The van der Waals surface area contributed by atoms with E-state index in [9.17, 15) is 0 Å². The Labute approximate surface area is 105 Å². The van der Waals surface area contributed by atoms with Crippen molar-refractivity contribution in [1.82, 2.24) is 0 Å². The molecule has 0 nitrogen and oxygen atoms in total. The van der Waals surface area contributed by atoms with E-state index in [0.717, 1.165) is 5.92 Å². The minimum Gasteiger partial charge on any atom is -0.0812 e. The molecule has 0 bridgehead atoms. The van der Waals surface area contributed by atoms with E-state index < -0.39 is 0 Å². The lowest BCUT2D eigenvalue weighted by Gasteiger charge is -2.17. The van der Waals surface area contributed by atoms with Crippen LogP contribution in [0, 0.1) is 5.92 Å². The fourth-order valence-electron chi connectivity index (χ4n) is 2.47. The zero-order chi connectivity index (χ0) is 11.9. The lowest BCUT2D eigenvalue weighted by atomic mass is 9.89. The number of benzene rings is 1. The molecule has 0 heterocycles. The number of rotatable bonds is 3. The van der Waals surface area contributed by atoms with Crippen LogP contribution >= 0.6 is 0 Å². The molecule has 0 heteroatoms. The van der Waals surface area contributed by atoms with Crippen LogP contribution in [-0.4, -0.2) is 0 Å². The number of allylic oxidation sites excluding steroid dienone is 3. The fraction of sp³-hybridized carbons (Fsp3) is 0.412. The van der Waals surface area contributed by atoms with Crippen LogP contribution < -0.4 is 0 Å². The maximum atomic E-state index is 2.41. The van der Waals surface area contributed by atoms with E-state index in [1.807, 2.05) is 0 Å². The Kier molecular flexibility index (Phi) is 4.61. The molecule has 1 aliphatic rings. The highest BCUT2D eigenvalue weighted by Crippen LogP contribution is 2.25. The molecule has 0 spiro atoms. The summed E-state index contributed by atoms with van der Waals surface area (Å²) in [5, 5.41) is 0. The second-order valence-corrected chi connectivity index (χ2v) is 5.06. The van der Waals surface area contributed by atoms with Gasteiger partial charge in [0.05, 0.1) is 0 Å². The summed E-state index contributed by atoms with van der Waals surface area (Å²) < 4.78 is 0. The van der Waals surface area contributed by atoms with Gasteiger partial charge in [-0.2, -0.15) is 0 Å². The van der Waals surface area contributed by atoms with Crippen molar-refractivity contribution in [1.29, 1.82) is 0 Å². The lowest BCUT2D eigenvalue weighted by molar-refractivity contribution is 0.419. The summed E-state index contributed by atoms with van der Waals surface area (Å²) >= 11 is 0. The summed E-state index contributed by atoms with van der Waals surface area (Å²) in [6.07, 6.45) is 14.0. The van der Waals surface area contributed by atoms with Gasteiger partial charge in [0, 0.05) is 0 Å². The Morgan fingerprint density at radius 3 is 2.47 bits per heavy atom. The van der Waals surface area contributed by atoms with Crippen molar-refractivity contribution in [2.45, 2.75) is 39.0 Å². The van der Waals surface area contributed by atoms with Gasteiger partial charge in [-0.3, -0.25) is 0 Å². The topological polar surface area (TPSA) is 0 Å². The molecule has 90 valence electrons. The van der Waals surface area contributed by atoms with E-state index in [2.05, 4.69) is 55.5 Å². The van der Waals surface area contributed by atoms with Crippen LogP contribution in [0.4, 0.5) is 0 Å². The van der Waals surface area contributed by atoms with Crippen LogP contribution in [0.3, 0.4) is 0 Å². The van der Waals surface area contributed by atoms with Gasteiger partial charge >= 0.3 is 0 Å². The predicted molar refractivity (Wildman–Crippen MR) is 75.8 cm³/mol. The van der Waals surface area contributed by atoms with Crippen LogP contribution in [0.15, 0.2) is 48.1 Å². The Balaban J connectivity index is 1.93. The Morgan fingerprint density at radius 2 is 1.76 bits per heavy atom. The fourth-order valence-corrected chi connectivity index (χ4v) is 2.47. The molecule has 1 aromatic carbocycles. The van der Waals surface area contributed by atoms with Crippen molar-refractivity contribution < 1.29 is 0 Å². The van der Waals surface area contributed by atoms with Crippen molar-refractivity contribution in [3.63, 3.8) is 0 Å². The molecule has 0 atom stereocenters. The van der Waals surface area contributed by atoms with Gasteiger partial charge in [0.1, 0.15) is 0 Å². The summed E-state index contributed by atoms with van der Waals surface area (Å²) in [7, 11) is 0. The minimum absolute atomic E-state index is 0.822. The summed E-state index contributed by atoms with van der Waals surface area (Å²) in [6, 6.07) is 10.5. The largest absolute Gasteiger partial charge is 0.0812 e. The van der Waals surface area contributed by atoms with Gasteiger partial charge in [0.2, 0.25) is 0 Å². The zero-order valence-corrected chi connectivity index (χ0v) is 10.7. The molecule has 0 aromatic heterocycles. The first kappa shape index (κ1) is 12.2. The highest BCUT2D eigenvalue weighted by Gasteiger charge is 2.09. The molecular weight excluding hydrogens is 204 g/mol. The maximum Gasteiger partial charge on any atom is -0.0230 e. The highest BCUT2D eigenvalue weighted by atomic mass is 14.1. The monoisotopic (exact) mass is 226 g/mol. The van der Waals surface area contributed by atoms with E-state index in [0.29, 0.717) is 0 Å². The third kappa shape index (κ3) is 4.22. The molecule has 0 unspecified atom stereocenters. The van der Waals surface area contributed by atoms with Gasteiger partial charge in [0.25, 0.3) is 0 Å². The van der Waals surface area contributed by atoms with Crippen molar-refractivity contribution >= 4 is 6.08 Å². The molecular formula is C17H22. The first-order chi connectivity index (χ1) is 8.34. The second-order valence-electron chi connectivity index (χ2n) is 5.06. The molecule has 0 amide bonds. The quantitative estimate of drug-likeness (QED) is 0.619. The van der Waals surface area contributed by atoms with Crippen molar-refractivity contribution in [3.05, 3.63) is 53.6 Å². The first-order valence-electron chi connectivity index (χ1n) is 6.76. The molecule has 1 fully saturated rings. The van der Waals surface area contributed by atoms with E-state index in [1.165, 1.54) is 43.2 Å². The van der Waals surface area contributed by atoms with E-state index >= 15 is 0 Å². The van der Waals surface area contributed by atoms with Crippen molar-refractivity contribution in [2.24, 2.45) is 5.92 Å². The van der Waals surface area contributed by atoms with Gasteiger partial charge < -0.3 is 0 Å². The van der Waals surface area contributed by atoms with Crippen LogP contribution in [0.25, 0.3) is 6.08 Å². The van der Waals surface area contributed by atoms with Crippen molar-refractivity contribution in [3.8, 4) is 0 Å². The van der Waals surface area contributed by atoms with Crippen LogP contribution in [-0.2, 0) is 0 Å². The zero-order valence-electron chi connectivity index (χ0n) is 10.7. The SMILES string of the molecule is CC(/C=C\C1CCCCC1)=C\c1ccccc1. The minimum atomic E-state index is 0.822. The molecule has 1 aromatic rings. The van der Waals surface area contributed by atoms with Gasteiger partial charge in [-0.15, -0.1) is 0 Å². The van der Waals surface area contributed by atoms with Crippen LogP contribution in [0.2, 0.25) is 0 Å². The third-order valence-corrected chi connectivity index (χ3v) is 3.48. The highest BCUT2D eigenvalue weighted by molar-refractivity contribution is 5.54. The summed E-state index contributed by atoms with van der Waals surface area (Å²) in [5.74, 6) is 0.822. The van der Waals surface area contributed by atoms with Crippen LogP contribution in [0.5, 0.6) is 0 Å². The third-order valence-electron chi connectivity index (χ3n) is 3.48. The average molecular weight is 226 g/mol. The Hall–Kier alpha value is -1.30. The number of hydrogen-bond acceptors (Lipinski definition) is 0. The molecule has 1 aliphatic carbocycles. The normalized spacial score (nSPS) is 18.8. The summed E-state index contributed by atoms with van der Waals surface area (Å²) in [6.45, 7) is 2.19. The lowest BCUT2D eigenvalue weighted by Crippen LogP contribution is -2.02. The average Bonchev–Trinajstić information content (AvgIpc) is 2.39. The molecule has 0 aliphatic heterocycles. The van der Waals surface area contributed by atoms with E-state index in [1.54, 1.807) is 0 Å². The molecule has 1 saturated carbocycles. The summed E-state index contributed by atoms with van der Waals surface area (Å²) in [5.41, 5.74) is 2.64. The van der Waals surface area contributed by atoms with Crippen LogP contribution in [0.1, 0.15) is 44.6 Å². The molecule has 2 rings (SSSR count). The second kappa shape index (κ2) is 6.44. The van der Waals surface area contributed by atoms with Gasteiger partial charge in [-0.1, -0.05) is 73.4 Å². The van der Waals surface area contributed by atoms with Gasteiger partial charge in [-0.05, 0) is 31.2 Å². The van der Waals surface area contributed by atoms with Crippen molar-refractivity contribution in [2.75, 3.05) is 0 Å². The Morgan fingerprint density at radius 1 is 1.06 bits per heavy atom. The van der Waals surface area contributed by atoms with Gasteiger partial charge in [-0.25, -0.2) is 0 Å². The predicted octanol–water partition coefficient (Wildman–Crippen LogP) is 5.23. The standard InChI is InChI=1S/C17H22/c1-15(14-17-10-6-3-7-11-17)12-13-16-8-4-2-5-9-16/h3,6-7,10-14,16H,2,4-5,8-9H2,1H3/b13-12-,15-14+. The molecule has 17 heavy (non-hydrogen) atoms. The smallest absolute Gasteiger partial charge is 0.0230 e. The first-order valence-corrected chi connectivity index (χ1v) is 6.76. The maximum absolute atomic E-state index is 2.41. The summed E-state index contributed by atoms with van der Waals surface area (Å²) in [4.78, 5) is 0. The molecule has 0 N–H and O–H groups in total. The molecule has 0 radical (unpaired) electrons. The van der Waals surface area contributed by atoms with Gasteiger partial charge in [0.15, 0.2) is 0 Å². The van der Waals surface area contributed by atoms with E-state index in [4.69, 9.17) is 0 Å².